The summed E-state index contributed by atoms with van der Waals surface area (Å²) in [4.78, 5) is 32.1. The van der Waals surface area contributed by atoms with Gasteiger partial charge in [-0.1, -0.05) is 19.7 Å². The lowest BCUT2D eigenvalue weighted by atomic mass is 10.4. The average Bonchev–Trinajstić information content (AvgIpc) is 2.85. The number of hydrogen-bond donors (Lipinski definition) is 0. The van der Waals surface area contributed by atoms with Crippen molar-refractivity contribution < 1.29 is 23.9 Å². The van der Waals surface area contributed by atoms with Gasteiger partial charge in [0, 0.05) is 26.0 Å². The van der Waals surface area contributed by atoms with E-state index in [4.69, 9.17) is 0 Å². The molecule has 1 aliphatic rings. The van der Waals surface area contributed by atoms with Crippen molar-refractivity contribution in [3.63, 3.8) is 0 Å². The molecule has 0 atom stereocenters. The Morgan fingerprint density at radius 3 is 2.10 bits per heavy atom. The second kappa shape index (κ2) is 14.0. The molecule has 1 aliphatic heterocycles. The molecule has 0 aliphatic carbocycles. The Labute approximate surface area is 125 Å². The zero-order valence-corrected chi connectivity index (χ0v) is 12.7. The number of amides is 1. The molecule has 1 heterocycles. The zero-order valence-electron chi connectivity index (χ0n) is 12.7. The minimum Gasteiger partial charge on any atom is -0.463 e. The Balaban J connectivity index is 0. The van der Waals surface area contributed by atoms with Gasteiger partial charge in [0.2, 0.25) is 5.91 Å². The molecule has 0 spiro atoms. The average molecular weight is 297 g/mol. The lowest BCUT2D eigenvalue weighted by Crippen LogP contribution is -2.16. The van der Waals surface area contributed by atoms with Crippen molar-refractivity contribution in [1.82, 2.24) is 4.90 Å². The minimum absolute atomic E-state index is 0.208. The SMILES string of the molecule is C=CC(=O)OCC.C=CN1CCCC1=O.C=COC(C)=O. The molecule has 0 N–H and O–H groups in total. The Kier molecular flexibility index (Phi) is 14.0. The topological polar surface area (TPSA) is 72.9 Å². The van der Waals surface area contributed by atoms with Crippen LogP contribution >= 0.6 is 0 Å². The van der Waals surface area contributed by atoms with Crippen molar-refractivity contribution in [2.75, 3.05) is 13.2 Å². The fraction of sp³-hybridized carbons (Fsp3) is 0.400. The number of nitrogens with zero attached hydrogens (tertiary/aromatic N) is 1. The highest BCUT2D eigenvalue weighted by Crippen LogP contribution is 2.08. The molecule has 1 saturated heterocycles. The normalized spacial score (nSPS) is 11.9. The molecule has 1 fully saturated rings. The number of carbonyl (C=O) groups excluding carboxylic acids is 3. The largest absolute Gasteiger partial charge is 0.463 e. The summed E-state index contributed by atoms with van der Waals surface area (Å²) in [6.07, 6.45) is 5.53. The van der Waals surface area contributed by atoms with E-state index in [2.05, 4.69) is 29.2 Å². The number of ether oxygens (including phenoxy) is 2. The monoisotopic (exact) mass is 297 g/mol. The molecular weight excluding hydrogens is 274 g/mol. The van der Waals surface area contributed by atoms with Crippen LogP contribution in [0.1, 0.15) is 26.7 Å². The highest BCUT2D eigenvalue weighted by Gasteiger charge is 2.15. The Hall–Kier alpha value is -2.37. The number of hydrogen-bond acceptors (Lipinski definition) is 5. The van der Waals surface area contributed by atoms with Gasteiger partial charge in [0.15, 0.2) is 0 Å². The van der Waals surface area contributed by atoms with Gasteiger partial charge in [-0.05, 0) is 19.5 Å². The third-order valence-electron chi connectivity index (χ3n) is 2.03. The van der Waals surface area contributed by atoms with Crippen LogP contribution in [0.3, 0.4) is 0 Å². The summed E-state index contributed by atoms with van der Waals surface area (Å²) in [5.74, 6) is -0.479. The van der Waals surface area contributed by atoms with Crippen molar-refractivity contribution in [3.8, 4) is 0 Å². The van der Waals surface area contributed by atoms with Crippen LogP contribution in [0.15, 0.2) is 38.3 Å². The molecule has 1 rings (SSSR count). The molecule has 0 aromatic rings. The fourth-order valence-corrected chi connectivity index (χ4v) is 1.18. The number of carbonyl (C=O) groups is 3. The standard InChI is InChI=1S/C6H9NO.C5H8O2.C4H6O2/c1-2-7-5-3-4-6(7)8;1-3-5(6)7-4-2;1-3-6-4(2)5/h2H,1,3-5H2;3H,1,4H2,2H3;3H,1H2,2H3. The second-order valence-corrected chi connectivity index (χ2v) is 3.61. The molecule has 0 radical (unpaired) electrons. The van der Waals surface area contributed by atoms with Gasteiger partial charge in [0.25, 0.3) is 0 Å². The van der Waals surface area contributed by atoms with Gasteiger partial charge >= 0.3 is 11.9 Å². The smallest absolute Gasteiger partial charge is 0.330 e. The van der Waals surface area contributed by atoms with Crippen LogP contribution in [-0.2, 0) is 23.9 Å². The maximum absolute atomic E-state index is 10.7. The van der Waals surface area contributed by atoms with Crippen molar-refractivity contribution in [2.45, 2.75) is 26.7 Å². The third-order valence-corrected chi connectivity index (χ3v) is 2.03. The first-order valence-electron chi connectivity index (χ1n) is 6.42. The molecule has 0 saturated carbocycles. The van der Waals surface area contributed by atoms with Crippen LogP contribution in [0.4, 0.5) is 0 Å². The van der Waals surface area contributed by atoms with Gasteiger partial charge in [-0.3, -0.25) is 9.59 Å². The highest BCUT2D eigenvalue weighted by atomic mass is 16.5. The highest BCUT2D eigenvalue weighted by molar-refractivity contribution is 5.81. The summed E-state index contributed by atoms with van der Waals surface area (Å²) in [7, 11) is 0. The second-order valence-electron chi connectivity index (χ2n) is 3.61. The zero-order chi connectivity index (χ0) is 16.7. The van der Waals surface area contributed by atoms with Crippen LogP contribution in [0.5, 0.6) is 0 Å². The van der Waals surface area contributed by atoms with E-state index in [0.29, 0.717) is 13.0 Å². The summed E-state index contributed by atoms with van der Waals surface area (Å²) in [6.45, 7) is 14.2. The molecule has 118 valence electrons. The maximum Gasteiger partial charge on any atom is 0.330 e. The van der Waals surface area contributed by atoms with E-state index < -0.39 is 0 Å². The summed E-state index contributed by atoms with van der Waals surface area (Å²) in [5, 5.41) is 0. The van der Waals surface area contributed by atoms with Gasteiger partial charge in [0.05, 0.1) is 12.9 Å². The van der Waals surface area contributed by atoms with E-state index >= 15 is 0 Å². The van der Waals surface area contributed by atoms with Crippen LogP contribution in [-0.4, -0.2) is 35.9 Å². The van der Waals surface area contributed by atoms with Crippen molar-refractivity contribution in [1.29, 1.82) is 0 Å². The molecule has 0 bridgehead atoms. The van der Waals surface area contributed by atoms with Crippen molar-refractivity contribution >= 4 is 17.8 Å². The Morgan fingerprint density at radius 1 is 1.33 bits per heavy atom. The van der Waals surface area contributed by atoms with E-state index in [-0.39, 0.29) is 17.8 Å². The molecule has 0 aromatic carbocycles. The molecule has 21 heavy (non-hydrogen) atoms. The summed E-state index contributed by atoms with van der Waals surface area (Å²) in [6, 6.07) is 0. The van der Waals surface area contributed by atoms with E-state index in [1.54, 1.807) is 18.0 Å². The van der Waals surface area contributed by atoms with Crippen LogP contribution in [0.25, 0.3) is 0 Å². The predicted molar refractivity (Wildman–Crippen MR) is 79.9 cm³/mol. The third kappa shape index (κ3) is 13.9. The van der Waals surface area contributed by atoms with Crippen LogP contribution in [0.2, 0.25) is 0 Å². The van der Waals surface area contributed by atoms with Gasteiger partial charge < -0.3 is 14.4 Å². The summed E-state index contributed by atoms with van der Waals surface area (Å²) in [5.41, 5.74) is 0. The van der Waals surface area contributed by atoms with E-state index in [1.165, 1.54) is 6.92 Å². The molecular formula is C15H23NO5. The Morgan fingerprint density at radius 2 is 1.95 bits per heavy atom. The number of rotatable bonds is 4. The van der Waals surface area contributed by atoms with Crippen LogP contribution < -0.4 is 0 Å². The number of likely N-dealkylation sites (tertiary alicyclic amines) is 1. The van der Waals surface area contributed by atoms with Gasteiger partial charge in [-0.15, -0.1) is 0 Å². The van der Waals surface area contributed by atoms with E-state index in [9.17, 15) is 14.4 Å². The minimum atomic E-state index is -0.359. The molecule has 6 heteroatoms. The lowest BCUT2D eigenvalue weighted by Gasteiger charge is -2.05. The maximum atomic E-state index is 10.7. The number of esters is 2. The van der Waals surface area contributed by atoms with E-state index in [1.807, 2.05) is 0 Å². The van der Waals surface area contributed by atoms with Crippen LogP contribution in [0, 0.1) is 0 Å². The first-order chi connectivity index (χ1) is 9.92. The molecule has 1 amide bonds. The fourth-order valence-electron chi connectivity index (χ4n) is 1.18. The lowest BCUT2D eigenvalue weighted by molar-refractivity contribution is -0.137. The summed E-state index contributed by atoms with van der Waals surface area (Å²) >= 11 is 0. The Bertz CT molecular complexity index is 376. The van der Waals surface area contributed by atoms with E-state index in [0.717, 1.165) is 25.3 Å². The first-order valence-corrected chi connectivity index (χ1v) is 6.42. The quantitative estimate of drug-likeness (QED) is 0.452. The van der Waals surface area contributed by atoms with Crippen molar-refractivity contribution in [3.05, 3.63) is 38.3 Å². The molecule has 0 aromatic heterocycles. The van der Waals surface area contributed by atoms with Gasteiger partial charge in [-0.2, -0.15) is 0 Å². The molecule has 6 nitrogen and oxygen atoms in total. The van der Waals surface area contributed by atoms with Crippen molar-refractivity contribution in [2.24, 2.45) is 0 Å². The van der Waals surface area contributed by atoms with Gasteiger partial charge in [0.1, 0.15) is 0 Å². The summed E-state index contributed by atoms with van der Waals surface area (Å²) < 4.78 is 8.60. The molecule has 0 unspecified atom stereocenters. The van der Waals surface area contributed by atoms with Gasteiger partial charge in [-0.25, -0.2) is 4.79 Å². The first kappa shape index (κ1) is 20.9. The predicted octanol–water partition coefficient (Wildman–Crippen LogP) is 2.18.